The van der Waals surface area contributed by atoms with E-state index < -0.39 is 0 Å². The van der Waals surface area contributed by atoms with Crippen LogP contribution in [0.4, 0.5) is 5.69 Å². The predicted molar refractivity (Wildman–Crippen MR) is 74.8 cm³/mol. The second-order valence-electron chi connectivity index (χ2n) is 4.82. The Morgan fingerprint density at radius 1 is 1.20 bits per heavy atom. The summed E-state index contributed by atoms with van der Waals surface area (Å²) in [5, 5.41) is 11.6. The molecule has 5 heteroatoms. The van der Waals surface area contributed by atoms with Crippen molar-refractivity contribution in [3.8, 4) is 6.07 Å². The Bertz CT molecular complexity index is 542. The number of hydrogen-bond acceptors (Lipinski definition) is 3. The zero-order valence-electron chi connectivity index (χ0n) is 11.3. The first kappa shape index (κ1) is 14.1. The molecule has 0 atom stereocenters. The molecule has 1 saturated heterocycles. The second kappa shape index (κ2) is 6.71. The Labute approximate surface area is 118 Å². The summed E-state index contributed by atoms with van der Waals surface area (Å²) in [6, 6.07) is 8.76. The van der Waals surface area contributed by atoms with Crippen LogP contribution in [0.3, 0.4) is 0 Å². The van der Waals surface area contributed by atoms with E-state index in [9.17, 15) is 9.59 Å². The third kappa shape index (κ3) is 3.58. The fourth-order valence-corrected chi connectivity index (χ4v) is 2.28. The van der Waals surface area contributed by atoms with Crippen molar-refractivity contribution in [3.05, 3.63) is 29.8 Å². The Balaban J connectivity index is 1.92. The highest BCUT2D eigenvalue weighted by atomic mass is 16.2. The zero-order valence-corrected chi connectivity index (χ0v) is 11.3. The molecule has 0 saturated carbocycles. The lowest BCUT2D eigenvalue weighted by Crippen LogP contribution is -2.37. The number of amides is 2. The molecule has 1 aromatic rings. The molecule has 0 spiro atoms. The van der Waals surface area contributed by atoms with Gasteiger partial charge in [-0.25, -0.2) is 0 Å². The number of nitriles is 1. The number of benzene rings is 1. The summed E-state index contributed by atoms with van der Waals surface area (Å²) in [5.74, 6) is -0.514. The van der Waals surface area contributed by atoms with Gasteiger partial charge in [0.2, 0.25) is 11.8 Å². The number of carbonyl (C=O) groups is 2. The van der Waals surface area contributed by atoms with Crippen LogP contribution in [0.5, 0.6) is 0 Å². The summed E-state index contributed by atoms with van der Waals surface area (Å²) in [6.07, 6.45) is 2.99. The number of nitrogens with one attached hydrogen (secondary N) is 1. The van der Waals surface area contributed by atoms with Crippen molar-refractivity contribution in [3.63, 3.8) is 0 Å². The van der Waals surface area contributed by atoms with Crippen LogP contribution < -0.4 is 5.32 Å². The third-order valence-electron chi connectivity index (χ3n) is 3.34. The molecular weight excluding hydrogens is 254 g/mol. The molecule has 2 rings (SSSR count). The van der Waals surface area contributed by atoms with Crippen molar-refractivity contribution >= 4 is 17.5 Å². The van der Waals surface area contributed by atoms with E-state index in [2.05, 4.69) is 5.32 Å². The molecule has 1 aromatic carbocycles. The summed E-state index contributed by atoms with van der Waals surface area (Å²) in [5.41, 5.74) is 0.845. The van der Waals surface area contributed by atoms with Crippen LogP contribution in [0.15, 0.2) is 24.3 Å². The van der Waals surface area contributed by atoms with Crippen LogP contribution >= 0.6 is 0 Å². The lowest BCUT2D eigenvalue weighted by molar-refractivity contribution is -0.135. The number of nitrogens with zero attached hydrogens (tertiary/aromatic N) is 2. The van der Waals surface area contributed by atoms with Gasteiger partial charge in [-0.15, -0.1) is 0 Å². The van der Waals surface area contributed by atoms with E-state index in [1.54, 1.807) is 29.2 Å². The Morgan fingerprint density at radius 2 is 1.90 bits per heavy atom. The number of rotatable bonds is 3. The molecule has 2 amide bonds. The van der Waals surface area contributed by atoms with E-state index in [-0.39, 0.29) is 18.2 Å². The monoisotopic (exact) mass is 271 g/mol. The van der Waals surface area contributed by atoms with Crippen molar-refractivity contribution in [1.29, 1.82) is 5.26 Å². The van der Waals surface area contributed by atoms with Gasteiger partial charge in [0.05, 0.1) is 11.3 Å². The highest BCUT2D eigenvalue weighted by molar-refractivity contribution is 6.04. The summed E-state index contributed by atoms with van der Waals surface area (Å²) < 4.78 is 0. The average Bonchev–Trinajstić information content (AvgIpc) is 2.48. The molecule has 5 nitrogen and oxygen atoms in total. The Hall–Kier alpha value is -2.35. The topological polar surface area (TPSA) is 73.2 Å². The summed E-state index contributed by atoms with van der Waals surface area (Å²) in [4.78, 5) is 25.6. The van der Waals surface area contributed by atoms with Crippen LogP contribution in [0.25, 0.3) is 0 Å². The first-order valence-electron chi connectivity index (χ1n) is 6.77. The zero-order chi connectivity index (χ0) is 14.4. The quantitative estimate of drug-likeness (QED) is 0.853. The minimum absolute atomic E-state index is 0.142. The van der Waals surface area contributed by atoms with Crippen LogP contribution in [-0.2, 0) is 9.59 Å². The summed E-state index contributed by atoms with van der Waals surface area (Å²) in [6.45, 7) is 1.47. The number of piperidine rings is 1. The first-order chi connectivity index (χ1) is 9.70. The van der Waals surface area contributed by atoms with Gasteiger partial charge in [0.1, 0.15) is 12.5 Å². The van der Waals surface area contributed by atoms with Gasteiger partial charge in [-0.1, -0.05) is 12.1 Å². The summed E-state index contributed by atoms with van der Waals surface area (Å²) in [7, 11) is 0. The van der Waals surface area contributed by atoms with Crippen LogP contribution in [0, 0.1) is 11.3 Å². The van der Waals surface area contributed by atoms with E-state index in [0.29, 0.717) is 11.3 Å². The van der Waals surface area contributed by atoms with Gasteiger partial charge >= 0.3 is 0 Å². The van der Waals surface area contributed by atoms with Gasteiger partial charge in [0.25, 0.3) is 0 Å². The highest BCUT2D eigenvalue weighted by Crippen LogP contribution is 2.14. The molecule has 0 aromatic heterocycles. The van der Waals surface area contributed by atoms with Crippen molar-refractivity contribution in [1.82, 2.24) is 4.90 Å². The van der Waals surface area contributed by atoms with E-state index in [1.807, 2.05) is 6.07 Å². The standard InChI is InChI=1S/C15H17N3O2/c16-11-12-6-2-3-7-13(12)17-14(19)10-15(20)18-8-4-1-5-9-18/h2-3,6-7H,1,4-5,8-10H2,(H,17,19). The minimum Gasteiger partial charge on any atom is -0.342 e. The maximum Gasteiger partial charge on any atom is 0.233 e. The van der Waals surface area contributed by atoms with Crippen molar-refractivity contribution in [2.75, 3.05) is 18.4 Å². The molecule has 0 radical (unpaired) electrons. The SMILES string of the molecule is N#Cc1ccccc1NC(=O)CC(=O)N1CCCCC1. The Morgan fingerprint density at radius 3 is 2.60 bits per heavy atom. The molecular formula is C15H17N3O2. The van der Waals surface area contributed by atoms with E-state index in [4.69, 9.17) is 5.26 Å². The maximum absolute atomic E-state index is 12.0. The first-order valence-corrected chi connectivity index (χ1v) is 6.77. The number of para-hydroxylation sites is 1. The summed E-state index contributed by atoms with van der Waals surface area (Å²) >= 11 is 0. The van der Waals surface area contributed by atoms with Crippen LogP contribution in [-0.4, -0.2) is 29.8 Å². The average molecular weight is 271 g/mol. The van der Waals surface area contributed by atoms with Gasteiger partial charge in [-0.05, 0) is 31.4 Å². The van der Waals surface area contributed by atoms with Crippen molar-refractivity contribution in [2.24, 2.45) is 0 Å². The van der Waals surface area contributed by atoms with Gasteiger partial charge in [-0.3, -0.25) is 9.59 Å². The van der Waals surface area contributed by atoms with Crippen LogP contribution in [0.1, 0.15) is 31.2 Å². The molecule has 20 heavy (non-hydrogen) atoms. The molecule has 104 valence electrons. The van der Waals surface area contributed by atoms with E-state index in [0.717, 1.165) is 32.4 Å². The van der Waals surface area contributed by atoms with Gasteiger partial charge < -0.3 is 10.2 Å². The molecule has 0 unspecified atom stereocenters. The van der Waals surface area contributed by atoms with Crippen LogP contribution in [0.2, 0.25) is 0 Å². The molecule has 1 heterocycles. The lowest BCUT2D eigenvalue weighted by atomic mass is 10.1. The molecule has 0 aliphatic carbocycles. The molecule has 1 fully saturated rings. The molecule has 0 bridgehead atoms. The number of hydrogen-bond donors (Lipinski definition) is 1. The van der Waals surface area contributed by atoms with E-state index in [1.165, 1.54) is 0 Å². The van der Waals surface area contributed by atoms with Crippen molar-refractivity contribution in [2.45, 2.75) is 25.7 Å². The van der Waals surface area contributed by atoms with Gasteiger partial charge in [0.15, 0.2) is 0 Å². The fraction of sp³-hybridized carbons (Fsp3) is 0.400. The molecule has 1 aliphatic rings. The third-order valence-corrected chi connectivity index (χ3v) is 3.34. The van der Waals surface area contributed by atoms with Gasteiger partial charge in [0, 0.05) is 13.1 Å². The maximum atomic E-state index is 12.0. The predicted octanol–water partition coefficient (Wildman–Crippen LogP) is 1.90. The number of anilines is 1. The molecule has 1 aliphatic heterocycles. The minimum atomic E-state index is -0.372. The van der Waals surface area contributed by atoms with Gasteiger partial charge in [-0.2, -0.15) is 5.26 Å². The normalized spacial score (nSPS) is 14.4. The van der Waals surface area contributed by atoms with E-state index >= 15 is 0 Å². The number of carbonyl (C=O) groups excluding carboxylic acids is 2. The molecule has 1 N–H and O–H groups in total. The highest BCUT2D eigenvalue weighted by Gasteiger charge is 2.19. The smallest absolute Gasteiger partial charge is 0.233 e. The van der Waals surface area contributed by atoms with Crippen molar-refractivity contribution < 1.29 is 9.59 Å². The fourth-order valence-electron chi connectivity index (χ4n) is 2.28. The Kier molecular flexibility index (Phi) is 4.72. The second-order valence-corrected chi connectivity index (χ2v) is 4.82. The lowest BCUT2D eigenvalue weighted by Gasteiger charge is -2.26. The largest absolute Gasteiger partial charge is 0.342 e. The number of likely N-dealkylation sites (tertiary alicyclic amines) is 1.